The molecule has 188 valence electrons. The minimum absolute atomic E-state index is 0.146. The zero-order valence-electron chi connectivity index (χ0n) is 20.5. The van der Waals surface area contributed by atoms with Gasteiger partial charge in [-0.25, -0.2) is 24.1 Å². The van der Waals surface area contributed by atoms with Gasteiger partial charge in [-0.2, -0.15) is 0 Å². The molecule has 3 aromatic rings. The minimum Gasteiger partial charge on any atom is -0.365 e. The third kappa shape index (κ3) is 4.14. The second-order valence-electron chi connectivity index (χ2n) is 11.1. The highest BCUT2D eigenvalue weighted by Gasteiger charge is 2.44. The number of nitrogens with one attached hydrogen (secondary N) is 2. The van der Waals surface area contributed by atoms with Crippen molar-refractivity contribution < 1.29 is 8.91 Å². The van der Waals surface area contributed by atoms with Gasteiger partial charge in [-0.1, -0.05) is 31.3 Å². The van der Waals surface area contributed by atoms with Crippen molar-refractivity contribution in [1.82, 2.24) is 29.7 Å². The Hall–Kier alpha value is -2.78. The molecule has 2 N–H and O–H groups in total. The lowest BCUT2D eigenvalue weighted by atomic mass is 9.80. The van der Waals surface area contributed by atoms with E-state index in [9.17, 15) is 4.79 Å². The van der Waals surface area contributed by atoms with E-state index in [1.54, 1.807) is 0 Å². The van der Waals surface area contributed by atoms with Crippen molar-refractivity contribution >= 4 is 17.0 Å². The number of aromatic amines is 1. The minimum atomic E-state index is -1.43. The number of H-pyrrole nitrogens is 1. The lowest BCUT2D eigenvalue weighted by molar-refractivity contribution is 0.0458. The van der Waals surface area contributed by atoms with Gasteiger partial charge in [0.25, 0.3) is 0 Å². The molecule has 3 aliphatic carbocycles. The van der Waals surface area contributed by atoms with Gasteiger partial charge in [-0.15, -0.1) is 0 Å². The predicted molar refractivity (Wildman–Crippen MR) is 130 cm³/mol. The second kappa shape index (κ2) is 8.71. The van der Waals surface area contributed by atoms with Crippen LogP contribution in [0.3, 0.4) is 0 Å². The summed E-state index contributed by atoms with van der Waals surface area (Å²) in [6, 6.07) is 0.205. The summed E-state index contributed by atoms with van der Waals surface area (Å²) in [5.74, 6) is 2.59. The molecule has 0 aliphatic heterocycles. The number of fused-ring (bicyclic) bond motifs is 1. The summed E-state index contributed by atoms with van der Waals surface area (Å²) >= 11 is 0. The normalized spacial score (nSPS) is 25.2. The van der Waals surface area contributed by atoms with Crippen molar-refractivity contribution in [2.75, 3.05) is 5.32 Å². The van der Waals surface area contributed by atoms with Crippen molar-refractivity contribution in [2.24, 2.45) is 17.8 Å². The van der Waals surface area contributed by atoms with Gasteiger partial charge in [-0.3, -0.25) is 9.51 Å². The van der Waals surface area contributed by atoms with Gasteiger partial charge in [0.1, 0.15) is 11.3 Å². The molecule has 0 radical (unpaired) electrons. The van der Waals surface area contributed by atoms with Crippen LogP contribution >= 0.6 is 0 Å². The number of anilines is 1. The number of halogens is 1. The van der Waals surface area contributed by atoms with Crippen molar-refractivity contribution in [1.29, 1.82) is 0 Å². The van der Waals surface area contributed by atoms with E-state index in [1.807, 2.05) is 0 Å². The number of aromatic nitrogens is 6. The Bertz CT molecular complexity index is 1260. The van der Waals surface area contributed by atoms with Gasteiger partial charge in [0, 0.05) is 12.6 Å². The van der Waals surface area contributed by atoms with Crippen LogP contribution in [0.25, 0.3) is 22.8 Å². The SMILES string of the molecule is C[C@@H](Nc1nc(-c2noc(=O)[nH]2)nc2nc(C3(F)CCC3)n(C[C@H]3CC[C@H](C)CC3)c12)C1CCC1. The average molecular weight is 484 g/mol. The molecular weight excluding hydrogens is 449 g/mol. The van der Waals surface area contributed by atoms with Crippen LogP contribution in [0.2, 0.25) is 0 Å². The van der Waals surface area contributed by atoms with E-state index < -0.39 is 11.4 Å². The molecule has 10 heteroatoms. The number of rotatable bonds is 7. The second-order valence-corrected chi connectivity index (χ2v) is 11.1. The van der Waals surface area contributed by atoms with E-state index in [-0.39, 0.29) is 17.7 Å². The zero-order valence-corrected chi connectivity index (χ0v) is 20.5. The molecule has 0 unspecified atom stereocenters. The van der Waals surface area contributed by atoms with Gasteiger partial charge in [0.2, 0.25) is 11.6 Å². The molecule has 6 rings (SSSR count). The molecule has 0 spiro atoms. The molecule has 0 amide bonds. The molecule has 3 aromatic heterocycles. The molecule has 0 bridgehead atoms. The van der Waals surface area contributed by atoms with Gasteiger partial charge >= 0.3 is 5.76 Å². The number of alkyl halides is 1. The first-order chi connectivity index (χ1) is 16.9. The monoisotopic (exact) mass is 483 g/mol. The smallest absolute Gasteiger partial charge is 0.365 e. The lowest BCUT2D eigenvalue weighted by Crippen LogP contribution is -2.34. The van der Waals surface area contributed by atoms with Crippen LogP contribution in [0.1, 0.15) is 83.9 Å². The van der Waals surface area contributed by atoms with Crippen LogP contribution in [0.5, 0.6) is 0 Å². The Labute approximate surface area is 203 Å². The standard InChI is InChI=1S/C25H34FN7O2/c1-14-7-9-16(10-8-14)13-33-18-19(27-15(2)17-5-3-6-17)28-21(22-31-24(34)35-32-22)29-20(18)30-23(33)25(26)11-4-12-25/h14-17H,3-13H2,1-2H3,(H,27,28,29)(H,31,32,34)/t14-,15-,16-/m1/s1. The molecule has 3 aliphatic rings. The third-order valence-corrected chi connectivity index (χ3v) is 8.60. The van der Waals surface area contributed by atoms with E-state index in [4.69, 9.17) is 9.97 Å². The van der Waals surface area contributed by atoms with Crippen LogP contribution in [-0.4, -0.2) is 35.7 Å². The number of hydrogen-bond donors (Lipinski definition) is 2. The summed E-state index contributed by atoms with van der Waals surface area (Å²) in [7, 11) is 0. The zero-order chi connectivity index (χ0) is 24.2. The molecule has 3 heterocycles. The fraction of sp³-hybridized carbons (Fsp3) is 0.720. The molecule has 3 saturated carbocycles. The van der Waals surface area contributed by atoms with Crippen LogP contribution in [-0.2, 0) is 12.2 Å². The molecule has 1 atom stereocenters. The van der Waals surface area contributed by atoms with Crippen molar-refractivity contribution in [3.63, 3.8) is 0 Å². The van der Waals surface area contributed by atoms with Gasteiger partial charge in [-0.05, 0) is 69.6 Å². The van der Waals surface area contributed by atoms with Crippen molar-refractivity contribution in [3.8, 4) is 11.6 Å². The summed E-state index contributed by atoms with van der Waals surface area (Å²) in [4.78, 5) is 28.3. The predicted octanol–water partition coefficient (Wildman–Crippen LogP) is 4.95. The first-order valence-electron chi connectivity index (χ1n) is 13.2. The summed E-state index contributed by atoms with van der Waals surface area (Å²) in [5, 5.41) is 7.38. The Kier molecular flexibility index (Phi) is 5.64. The first kappa shape index (κ1) is 22.7. The van der Waals surface area contributed by atoms with E-state index in [1.165, 1.54) is 32.1 Å². The Balaban J connectivity index is 1.48. The third-order valence-electron chi connectivity index (χ3n) is 8.60. The van der Waals surface area contributed by atoms with Crippen LogP contribution in [0, 0.1) is 17.8 Å². The lowest BCUT2D eigenvalue weighted by Gasteiger charge is -2.35. The number of nitrogens with zero attached hydrogens (tertiary/aromatic N) is 5. The topological polar surface area (TPSA) is 115 Å². The van der Waals surface area contributed by atoms with E-state index in [0.29, 0.717) is 42.0 Å². The maximum atomic E-state index is 15.9. The molecule has 0 aromatic carbocycles. The van der Waals surface area contributed by atoms with Crippen LogP contribution < -0.4 is 11.1 Å². The summed E-state index contributed by atoms with van der Waals surface area (Å²) in [6.07, 6.45) is 10.1. The summed E-state index contributed by atoms with van der Waals surface area (Å²) < 4.78 is 22.7. The van der Waals surface area contributed by atoms with Crippen molar-refractivity contribution in [3.05, 3.63) is 16.4 Å². The maximum Gasteiger partial charge on any atom is 0.439 e. The van der Waals surface area contributed by atoms with E-state index in [0.717, 1.165) is 37.2 Å². The summed E-state index contributed by atoms with van der Waals surface area (Å²) in [5.41, 5.74) is -0.240. The first-order valence-corrected chi connectivity index (χ1v) is 13.2. The fourth-order valence-electron chi connectivity index (χ4n) is 5.84. The molecule has 9 nitrogen and oxygen atoms in total. The highest BCUT2D eigenvalue weighted by molar-refractivity contribution is 5.86. The molecule has 35 heavy (non-hydrogen) atoms. The number of imidazole rings is 1. The quantitative estimate of drug-likeness (QED) is 0.489. The average Bonchev–Trinajstić information content (AvgIpc) is 3.36. The molecule has 3 fully saturated rings. The Morgan fingerprint density at radius 1 is 1.14 bits per heavy atom. The van der Waals surface area contributed by atoms with Crippen molar-refractivity contribution in [2.45, 2.75) is 96.3 Å². The van der Waals surface area contributed by atoms with Crippen LogP contribution in [0.4, 0.5) is 10.2 Å². The highest BCUT2D eigenvalue weighted by atomic mass is 19.1. The fourth-order valence-corrected chi connectivity index (χ4v) is 5.84. The molecular formula is C25H34FN7O2. The van der Waals surface area contributed by atoms with Gasteiger partial charge in [0.15, 0.2) is 17.1 Å². The Morgan fingerprint density at radius 3 is 2.51 bits per heavy atom. The maximum absolute atomic E-state index is 15.9. The largest absolute Gasteiger partial charge is 0.439 e. The van der Waals surface area contributed by atoms with Gasteiger partial charge < -0.3 is 9.88 Å². The van der Waals surface area contributed by atoms with Gasteiger partial charge in [0.05, 0.1) is 0 Å². The van der Waals surface area contributed by atoms with E-state index >= 15 is 4.39 Å². The van der Waals surface area contributed by atoms with E-state index in [2.05, 4.69) is 43.4 Å². The Morgan fingerprint density at radius 2 is 1.91 bits per heavy atom. The highest BCUT2D eigenvalue weighted by Crippen LogP contribution is 2.46. The van der Waals surface area contributed by atoms with Crippen LogP contribution in [0.15, 0.2) is 9.32 Å². The molecule has 0 saturated heterocycles. The number of hydrogen-bond acceptors (Lipinski definition) is 7. The summed E-state index contributed by atoms with van der Waals surface area (Å²) in [6.45, 7) is 5.20.